The molecule has 1 N–H and O–H groups in total. The molecule has 0 unspecified atom stereocenters. The number of rotatable bonds is 5. The third-order valence-corrected chi connectivity index (χ3v) is 8.25. The molecule has 3 aliphatic heterocycles. The van der Waals surface area contributed by atoms with Crippen LogP contribution in [-0.2, 0) is 24.4 Å². The number of nitrogens with zero attached hydrogens (tertiary/aromatic N) is 3. The van der Waals surface area contributed by atoms with Crippen LogP contribution < -0.4 is 15.5 Å². The molecule has 2 saturated heterocycles. The van der Waals surface area contributed by atoms with Crippen LogP contribution in [0, 0.1) is 0 Å². The van der Waals surface area contributed by atoms with Crippen LogP contribution in [0.4, 0.5) is 0 Å². The van der Waals surface area contributed by atoms with Crippen LogP contribution in [-0.4, -0.2) is 72.3 Å². The molecule has 2 aromatic carbocycles. The Bertz CT molecular complexity index is 1410. The number of carbonyl (C=O) groups excluding carboxylic acids is 1. The van der Waals surface area contributed by atoms with E-state index in [2.05, 4.69) is 32.8 Å². The van der Waals surface area contributed by atoms with Crippen molar-refractivity contribution in [3.8, 4) is 5.75 Å². The number of aromatic nitrogens is 1. The first kappa shape index (κ1) is 25.4. The Morgan fingerprint density at radius 2 is 1.79 bits per heavy atom. The van der Waals surface area contributed by atoms with Crippen molar-refractivity contribution >= 4 is 28.4 Å². The number of nitrogens with one attached hydrogen (secondary N) is 1. The lowest BCUT2D eigenvalue weighted by atomic mass is 9.89. The molecular formula is C29H33ClN4O4. The summed E-state index contributed by atoms with van der Waals surface area (Å²) in [5.41, 5.74) is 2.25. The van der Waals surface area contributed by atoms with Gasteiger partial charge in [0.25, 0.3) is 5.91 Å². The normalized spacial score (nSPS) is 19.4. The number of ether oxygens (including phenoxy) is 2. The molecule has 0 atom stereocenters. The zero-order valence-corrected chi connectivity index (χ0v) is 22.4. The third-order valence-electron chi connectivity index (χ3n) is 8.00. The van der Waals surface area contributed by atoms with Gasteiger partial charge in [0, 0.05) is 63.3 Å². The van der Waals surface area contributed by atoms with Gasteiger partial charge in [0.1, 0.15) is 16.9 Å². The number of likely N-dealkylation sites (tertiary alicyclic amines) is 1. The van der Waals surface area contributed by atoms with Gasteiger partial charge in [-0.15, -0.1) is 0 Å². The fraction of sp³-hybridized carbons (Fsp3) is 0.448. The second-order valence-corrected chi connectivity index (χ2v) is 11.2. The highest BCUT2D eigenvalue weighted by molar-refractivity contribution is 6.30. The van der Waals surface area contributed by atoms with Crippen molar-refractivity contribution < 1.29 is 14.3 Å². The van der Waals surface area contributed by atoms with E-state index in [1.54, 1.807) is 18.3 Å². The van der Waals surface area contributed by atoms with E-state index < -0.39 is 0 Å². The summed E-state index contributed by atoms with van der Waals surface area (Å²) in [6.07, 6.45) is 3.51. The number of halogens is 1. The molecule has 38 heavy (non-hydrogen) atoms. The van der Waals surface area contributed by atoms with Gasteiger partial charge in [0.05, 0.1) is 30.7 Å². The molecule has 0 radical (unpaired) electrons. The number of piperidine rings is 1. The summed E-state index contributed by atoms with van der Waals surface area (Å²) in [5, 5.41) is 4.10. The highest BCUT2D eigenvalue weighted by Crippen LogP contribution is 2.39. The van der Waals surface area contributed by atoms with Crippen LogP contribution in [0.25, 0.3) is 10.9 Å². The summed E-state index contributed by atoms with van der Waals surface area (Å²) in [7, 11) is 2.13. The summed E-state index contributed by atoms with van der Waals surface area (Å²) < 4.78 is 14.3. The highest BCUT2D eigenvalue weighted by Gasteiger charge is 2.40. The molecule has 2 fully saturated rings. The van der Waals surface area contributed by atoms with Gasteiger partial charge in [-0.3, -0.25) is 14.5 Å². The molecule has 200 valence electrons. The van der Waals surface area contributed by atoms with Gasteiger partial charge >= 0.3 is 0 Å². The van der Waals surface area contributed by atoms with E-state index in [1.165, 1.54) is 0 Å². The molecule has 9 heteroatoms. The molecule has 8 nitrogen and oxygen atoms in total. The maximum atomic E-state index is 13.7. The molecule has 4 heterocycles. The van der Waals surface area contributed by atoms with Crippen molar-refractivity contribution in [2.75, 3.05) is 46.4 Å². The smallest absolute Gasteiger partial charge is 0.257 e. The fourth-order valence-corrected chi connectivity index (χ4v) is 5.90. The van der Waals surface area contributed by atoms with E-state index in [1.807, 2.05) is 18.2 Å². The van der Waals surface area contributed by atoms with E-state index in [4.69, 9.17) is 21.1 Å². The van der Waals surface area contributed by atoms with Gasteiger partial charge in [0.2, 0.25) is 5.43 Å². The molecule has 0 saturated carbocycles. The first-order chi connectivity index (χ1) is 18.4. The van der Waals surface area contributed by atoms with E-state index in [0.717, 1.165) is 61.4 Å². The lowest BCUT2D eigenvalue weighted by Gasteiger charge is -2.44. The summed E-state index contributed by atoms with van der Waals surface area (Å²) >= 11 is 5.99. The Morgan fingerprint density at radius 1 is 1.05 bits per heavy atom. The van der Waals surface area contributed by atoms with Crippen molar-refractivity contribution in [3.05, 3.63) is 74.5 Å². The Morgan fingerprint density at radius 3 is 2.53 bits per heavy atom. The van der Waals surface area contributed by atoms with Crippen LogP contribution in [0.15, 0.2) is 47.4 Å². The van der Waals surface area contributed by atoms with Gasteiger partial charge in [-0.05, 0) is 42.4 Å². The number of pyridine rings is 1. The van der Waals surface area contributed by atoms with Crippen LogP contribution in [0.5, 0.6) is 5.75 Å². The maximum absolute atomic E-state index is 13.7. The number of carbonyl (C=O) groups is 1. The van der Waals surface area contributed by atoms with Crippen LogP contribution in [0.3, 0.4) is 0 Å². The summed E-state index contributed by atoms with van der Waals surface area (Å²) in [6, 6.07) is 11.3. The van der Waals surface area contributed by atoms with Crippen molar-refractivity contribution in [2.45, 2.75) is 38.1 Å². The van der Waals surface area contributed by atoms with Crippen LogP contribution in [0.1, 0.15) is 34.3 Å². The number of hydrogen-bond donors (Lipinski definition) is 1. The molecule has 1 amide bonds. The standard InChI is InChI=1S/C29H33ClN4O4/c1-32-8-6-29(7-9-32)19-34-18-24(28(36)31-16-20-2-4-22(30)5-3-20)27(35)23-14-21(15-25(38-29)26(23)34)17-33-10-12-37-13-11-33/h2-5,14-15,18H,6-13,16-17,19H2,1H3,(H,31,36). The number of morpholine rings is 1. The molecule has 6 rings (SSSR count). The summed E-state index contributed by atoms with van der Waals surface area (Å²) in [5.74, 6) is 0.367. The zero-order valence-electron chi connectivity index (χ0n) is 21.7. The topological polar surface area (TPSA) is 76.0 Å². The Labute approximate surface area is 227 Å². The Hall–Kier alpha value is -2.91. The highest BCUT2D eigenvalue weighted by atomic mass is 35.5. The predicted octanol–water partition coefficient (Wildman–Crippen LogP) is 3.27. The molecule has 3 aliphatic rings. The van der Waals surface area contributed by atoms with E-state index in [9.17, 15) is 9.59 Å². The largest absolute Gasteiger partial charge is 0.483 e. The van der Waals surface area contributed by atoms with Gasteiger partial charge in [-0.1, -0.05) is 23.7 Å². The SMILES string of the molecule is CN1CCC2(CC1)Cn1cc(C(=O)NCc3ccc(Cl)cc3)c(=O)c3cc(CN4CCOCC4)cc(c31)O2. The van der Waals surface area contributed by atoms with Crippen molar-refractivity contribution in [2.24, 2.45) is 0 Å². The Balaban J connectivity index is 1.38. The molecule has 0 aliphatic carbocycles. The van der Waals surface area contributed by atoms with Gasteiger partial charge in [-0.2, -0.15) is 0 Å². The van der Waals surface area contributed by atoms with E-state index in [0.29, 0.717) is 43.3 Å². The molecule has 1 spiro atoms. The zero-order chi connectivity index (χ0) is 26.3. The third kappa shape index (κ3) is 5.06. The van der Waals surface area contributed by atoms with E-state index in [-0.39, 0.29) is 22.5 Å². The fourth-order valence-electron chi connectivity index (χ4n) is 5.77. The van der Waals surface area contributed by atoms with Gasteiger partial charge in [0.15, 0.2) is 0 Å². The van der Waals surface area contributed by atoms with Gasteiger partial charge in [-0.25, -0.2) is 0 Å². The van der Waals surface area contributed by atoms with Crippen molar-refractivity contribution in [3.63, 3.8) is 0 Å². The quantitative estimate of drug-likeness (QED) is 0.539. The van der Waals surface area contributed by atoms with Crippen LogP contribution in [0.2, 0.25) is 5.02 Å². The first-order valence-electron chi connectivity index (χ1n) is 13.3. The predicted molar refractivity (Wildman–Crippen MR) is 147 cm³/mol. The summed E-state index contributed by atoms with van der Waals surface area (Å²) in [4.78, 5) is 31.7. The van der Waals surface area contributed by atoms with Crippen molar-refractivity contribution in [1.29, 1.82) is 0 Å². The van der Waals surface area contributed by atoms with E-state index >= 15 is 0 Å². The molecule has 1 aromatic heterocycles. The first-order valence-corrected chi connectivity index (χ1v) is 13.7. The minimum absolute atomic E-state index is 0.158. The maximum Gasteiger partial charge on any atom is 0.257 e. The summed E-state index contributed by atoms with van der Waals surface area (Å²) in [6.45, 7) is 6.64. The molecule has 0 bridgehead atoms. The minimum atomic E-state index is -0.375. The van der Waals surface area contributed by atoms with Crippen LogP contribution >= 0.6 is 11.6 Å². The number of benzene rings is 2. The second-order valence-electron chi connectivity index (χ2n) is 10.8. The second kappa shape index (κ2) is 10.3. The Kier molecular flexibility index (Phi) is 6.90. The lowest BCUT2D eigenvalue weighted by molar-refractivity contribution is -0.0119. The van der Waals surface area contributed by atoms with Gasteiger partial charge < -0.3 is 24.3 Å². The molecule has 3 aromatic rings. The monoisotopic (exact) mass is 536 g/mol. The van der Waals surface area contributed by atoms with Crippen molar-refractivity contribution in [1.82, 2.24) is 19.7 Å². The number of amides is 1. The average Bonchev–Trinajstić information content (AvgIpc) is 2.92. The number of hydrogen-bond acceptors (Lipinski definition) is 6. The minimum Gasteiger partial charge on any atom is -0.483 e. The molecular weight excluding hydrogens is 504 g/mol. The average molecular weight is 537 g/mol. The lowest BCUT2D eigenvalue weighted by Crippen LogP contribution is -2.51.